The molecule has 39 heavy (non-hydrogen) atoms. The molecule has 4 aliphatic rings. The van der Waals surface area contributed by atoms with Crippen LogP contribution >= 0.6 is 34.8 Å². The summed E-state index contributed by atoms with van der Waals surface area (Å²) >= 11 is 20.6. The summed E-state index contributed by atoms with van der Waals surface area (Å²) in [5.74, 6) is -4.83. The van der Waals surface area contributed by atoms with Crippen LogP contribution in [0.15, 0.2) is 48.0 Å². The monoisotopic (exact) mass is 586 g/mol. The van der Waals surface area contributed by atoms with E-state index in [1.807, 2.05) is 13.0 Å². The Bertz CT molecular complexity index is 1540. The second-order valence-electron chi connectivity index (χ2n) is 11.0. The Labute approximate surface area is 240 Å². The summed E-state index contributed by atoms with van der Waals surface area (Å²) < 4.78 is 0. The molecule has 3 fully saturated rings. The quantitative estimate of drug-likeness (QED) is 0.308. The largest absolute Gasteiger partial charge is 0.508 e. The van der Waals surface area contributed by atoms with Crippen molar-refractivity contribution in [1.82, 2.24) is 4.90 Å². The molecule has 0 unspecified atom stereocenters. The van der Waals surface area contributed by atoms with Crippen LogP contribution in [0.2, 0.25) is 5.02 Å². The lowest BCUT2D eigenvalue weighted by Crippen LogP contribution is -2.60. The number of halogens is 3. The van der Waals surface area contributed by atoms with E-state index in [1.165, 1.54) is 18.0 Å². The molecule has 0 bridgehead atoms. The number of hydrogen-bond donors (Lipinski definition) is 1. The third-order valence-corrected chi connectivity index (χ3v) is 10.8. The molecule has 2 aromatic carbocycles. The van der Waals surface area contributed by atoms with Gasteiger partial charge in [0.2, 0.25) is 11.8 Å². The van der Waals surface area contributed by atoms with Crippen molar-refractivity contribution < 1.29 is 24.3 Å². The lowest BCUT2D eigenvalue weighted by atomic mass is 9.56. The molecule has 0 radical (unpaired) electrons. The number of carbonyl (C=O) groups excluding carboxylic acids is 4. The molecule has 202 valence electrons. The van der Waals surface area contributed by atoms with Crippen molar-refractivity contribution in [3.8, 4) is 5.75 Å². The fourth-order valence-corrected chi connectivity index (χ4v) is 8.15. The van der Waals surface area contributed by atoms with Gasteiger partial charge in [-0.15, -0.1) is 23.2 Å². The number of amides is 4. The summed E-state index contributed by atoms with van der Waals surface area (Å²) in [7, 11) is 1.35. The number of hydrogen-bond acceptors (Lipinski definition) is 5. The summed E-state index contributed by atoms with van der Waals surface area (Å²) in [5.41, 5.74) is 3.06. The number of phenolic OH excluding ortho intramolecular Hbond substituents is 1. The van der Waals surface area contributed by atoms with Gasteiger partial charge < -0.3 is 5.11 Å². The number of nitrogens with zero attached hydrogens (tertiary/aromatic N) is 2. The van der Waals surface area contributed by atoms with E-state index in [1.54, 1.807) is 37.3 Å². The second kappa shape index (κ2) is 8.56. The number of phenols is 1. The molecule has 0 spiro atoms. The molecule has 10 heteroatoms. The first-order chi connectivity index (χ1) is 18.3. The molecule has 4 amide bonds. The van der Waals surface area contributed by atoms with Gasteiger partial charge >= 0.3 is 0 Å². The molecule has 0 aromatic heterocycles. The maximum Gasteiger partial charge on any atom is 0.253 e. The molecule has 2 heterocycles. The van der Waals surface area contributed by atoms with E-state index in [9.17, 15) is 24.3 Å². The standard InChI is InChI=1S/C29H25Cl3N2O5/c1-13-4-6-16(11-20(13)30)34-24(36)18-8-7-17-19(22(18)25(34)37)12-28(31)26(38)33(3)27(39)29(28,32)23(17)15-5-9-21(35)14(2)10-15/h4-7,9-11,18-19,22-23,35H,8,12H2,1-3H3/t18-,19+,22-,23-,28+,29-/m0/s1. The molecular formula is C29H25Cl3N2O5. The number of carbonyl (C=O) groups is 4. The highest BCUT2D eigenvalue weighted by atomic mass is 35.5. The van der Waals surface area contributed by atoms with Gasteiger partial charge in [0.25, 0.3) is 11.8 Å². The Kier molecular flexibility index (Phi) is 5.79. The van der Waals surface area contributed by atoms with Crippen molar-refractivity contribution in [1.29, 1.82) is 0 Å². The van der Waals surface area contributed by atoms with Gasteiger partial charge in [-0.25, -0.2) is 4.90 Å². The van der Waals surface area contributed by atoms with Crippen LogP contribution in [0.1, 0.15) is 35.4 Å². The Morgan fingerprint density at radius 3 is 2.31 bits per heavy atom. The number of allylic oxidation sites excluding steroid dienone is 2. The van der Waals surface area contributed by atoms with Crippen LogP contribution in [0.5, 0.6) is 5.75 Å². The Balaban J connectivity index is 1.51. The first kappa shape index (κ1) is 26.4. The van der Waals surface area contributed by atoms with Crippen LogP contribution in [0.4, 0.5) is 5.69 Å². The van der Waals surface area contributed by atoms with Crippen molar-refractivity contribution >= 4 is 64.1 Å². The second-order valence-corrected chi connectivity index (χ2v) is 12.6. The zero-order valence-corrected chi connectivity index (χ0v) is 23.6. The van der Waals surface area contributed by atoms with Gasteiger partial charge in [0.1, 0.15) is 5.75 Å². The summed E-state index contributed by atoms with van der Waals surface area (Å²) in [5, 5.41) is 10.6. The highest BCUT2D eigenvalue weighted by Crippen LogP contribution is 2.65. The van der Waals surface area contributed by atoms with Crippen molar-refractivity contribution in [2.24, 2.45) is 17.8 Å². The van der Waals surface area contributed by atoms with Gasteiger partial charge in [0.05, 0.1) is 17.5 Å². The molecule has 2 aliphatic carbocycles. The third kappa shape index (κ3) is 3.30. The number of anilines is 1. The molecule has 6 rings (SSSR count). The predicted molar refractivity (Wildman–Crippen MR) is 147 cm³/mol. The fourth-order valence-electron chi connectivity index (χ4n) is 6.95. The van der Waals surface area contributed by atoms with Crippen LogP contribution in [-0.4, -0.2) is 50.4 Å². The summed E-state index contributed by atoms with van der Waals surface area (Å²) in [6.07, 6.45) is 2.08. The van der Waals surface area contributed by atoms with Crippen LogP contribution < -0.4 is 4.90 Å². The van der Waals surface area contributed by atoms with Crippen molar-refractivity contribution in [2.75, 3.05) is 11.9 Å². The van der Waals surface area contributed by atoms with Gasteiger partial charge in [-0.2, -0.15) is 0 Å². The smallest absolute Gasteiger partial charge is 0.253 e. The number of imide groups is 2. The minimum atomic E-state index is -1.85. The minimum Gasteiger partial charge on any atom is -0.508 e. The molecule has 1 saturated carbocycles. The van der Waals surface area contributed by atoms with E-state index in [-0.39, 0.29) is 24.5 Å². The number of aryl methyl sites for hydroxylation is 2. The maximum atomic E-state index is 14.0. The first-order valence-electron chi connectivity index (χ1n) is 12.7. The van der Waals surface area contributed by atoms with E-state index < -0.39 is 51.1 Å². The van der Waals surface area contributed by atoms with Gasteiger partial charge in [0.15, 0.2) is 9.75 Å². The zero-order valence-electron chi connectivity index (χ0n) is 21.4. The number of fused-ring (bicyclic) bond motifs is 4. The number of aromatic hydroxyl groups is 1. The molecule has 2 aromatic rings. The summed E-state index contributed by atoms with van der Waals surface area (Å²) in [6, 6.07) is 9.92. The van der Waals surface area contributed by atoms with Gasteiger partial charge in [-0.3, -0.25) is 24.1 Å². The number of benzene rings is 2. The topological polar surface area (TPSA) is 95.0 Å². The lowest BCUT2D eigenvalue weighted by Gasteiger charge is -2.50. The maximum absolute atomic E-state index is 14.0. The van der Waals surface area contributed by atoms with E-state index >= 15 is 0 Å². The molecule has 2 saturated heterocycles. The van der Waals surface area contributed by atoms with Crippen molar-refractivity contribution in [3.63, 3.8) is 0 Å². The number of alkyl halides is 2. The lowest BCUT2D eigenvalue weighted by molar-refractivity contribution is -0.138. The number of likely N-dealkylation sites (tertiary alicyclic amines) is 1. The fraction of sp³-hybridized carbons (Fsp3) is 0.379. The van der Waals surface area contributed by atoms with Crippen molar-refractivity contribution in [2.45, 2.75) is 42.4 Å². The van der Waals surface area contributed by atoms with Gasteiger partial charge in [-0.05, 0) is 67.5 Å². The van der Waals surface area contributed by atoms with E-state index in [4.69, 9.17) is 34.8 Å². The van der Waals surface area contributed by atoms with Crippen LogP contribution in [0.3, 0.4) is 0 Å². The van der Waals surface area contributed by atoms with Crippen molar-refractivity contribution in [3.05, 3.63) is 69.8 Å². The molecule has 2 aliphatic heterocycles. The average molecular weight is 588 g/mol. The normalized spacial score (nSPS) is 33.7. The first-order valence-corrected chi connectivity index (χ1v) is 13.8. The van der Waals surface area contributed by atoms with Crippen LogP contribution in [0.25, 0.3) is 0 Å². The average Bonchev–Trinajstić information content (AvgIpc) is 3.22. The SMILES string of the molecule is Cc1cc([C@H]2C3=CC[C@@H]4C(=O)N(c5ccc(C)c(Cl)c5)C(=O)[C@@H]4[C@@H]3C[C@@]3(Cl)C(=O)N(C)C(=O)[C@@]23Cl)ccc1O. The van der Waals surface area contributed by atoms with E-state index in [0.717, 1.165) is 10.5 Å². The third-order valence-electron chi connectivity index (χ3n) is 8.98. The summed E-state index contributed by atoms with van der Waals surface area (Å²) in [4.78, 5) is 53.1. The zero-order chi connectivity index (χ0) is 28.2. The van der Waals surface area contributed by atoms with E-state index in [2.05, 4.69) is 0 Å². The molecular weight excluding hydrogens is 563 g/mol. The van der Waals surface area contributed by atoms with Crippen LogP contribution in [0, 0.1) is 31.6 Å². The highest BCUT2D eigenvalue weighted by Gasteiger charge is 2.75. The minimum absolute atomic E-state index is 0.0690. The molecule has 7 nitrogen and oxygen atoms in total. The molecule has 6 atom stereocenters. The summed E-state index contributed by atoms with van der Waals surface area (Å²) in [6.45, 7) is 3.55. The van der Waals surface area contributed by atoms with Crippen LogP contribution in [-0.2, 0) is 19.2 Å². The van der Waals surface area contributed by atoms with Gasteiger partial charge in [-0.1, -0.05) is 41.4 Å². The predicted octanol–water partition coefficient (Wildman–Crippen LogP) is 4.86. The number of rotatable bonds is 2. The van der Waals surface area contributed by atoms with Gasteiger partial charge in [0, 0.05) is 18.0 Å². The Hall–Kier alpha value is -2.87. The Morgan fingerprint density at radius 2 is 1.64 bits per heavy atom. The molecule has 1 N–H and O–H groups in total. The van der Waals surface area contributed by atoms with E-state index in [0.29, 0.717) is 27.4 Å². The highest BCUT2D eigenvalue weighted by molar-refractivity contribution is 6.53. The Morgan fingerprint density at radius 1 is 0.923 bits per heavy atom.